The van der Waals surface area contributed by atoms with Gasteiger partial charge in [-0.1, -0.05) is 108 Å². The normalized spacial score (nSPS) is 11.9. The van der Waals surface area contributed by atoms with Crippen molar-refractivity contribution in [3.05, 3.63) is 129 Å². The molecule has 0 fully saturated rings. The summed E-state index contributed by atoms with van der Waals surface area (Å²) in [7, 11) is -4.24. The molecule has 0 heterocycles. The molecule has 46 heavy (non-hydrogen) atoms. The fourth-order valence-corrected chi connectivity index (χ4v) is 6.80. The SMILES string of the molecule is CCCCNC(=O)[C@@H](Cc1ccccc1)N(Cc1ccc(Cl)c(Cl)c1)C(=O)CN(c1cccc(Cl)c1)S(=O)(=O)c1ccc(C)cc1. The standard InChI is InChI=1S/C35H36Cl3N3O4S/c1-3-4-19-39-35(43)33(21-26-9-6-5-7-10-26)40(23-27-15-18-31(37)32(38)20-27)34(42)24-41(29-12-8-11-28(36)22-29)46(44,45)30-16-13-25(2)14-17-30/h5-18,20,22,33H,3-4,19,21,23-24H2,1-2H3,(H,39,43)/t33-/m1/s1. The van der Waals surface area contributed by atoms with E-state index in [1.54, 1.807) is 48.5 Å². The summed E-state index contributed by atoms with van der Waals surface area (Å²) in [6.45, 7) is 3.69. The van der Waals surface area contributed by atoms with E-state index in [-0.39, 0.29) is 29.5 Å². The van der Waals surface area contributed by atoms with Gasteiger partial charge in [0.25, 0.3) is 10.0 Å². The molecule has 0 unspecified atom stereocenters. The van der Waals surface area contributed by atoms with Crippen LogP contribution in [0.3, 0.4) is 0 Å². The maximum absolute atomic E-state index is 14.5. The summed E-state index contributed by atoms with van der Waals surface area (Å²) < 4.78 is 29.3. The summed E-state index contributed by atoms with van der Waals surface area (Å²) in [5.41, 5.74) is 2.56. The van der Waals surface area contributed by atoms with Crippen LogP contribution in [0, 0.1) is 6.92 Å². The first kappa shape index (κ1) is 35.3. The molecule has 1 N–H and O–H groups in total. The number of halogens is 3. The highest BCUT2D eigenvalue weighted by molar-refractivity contribution is 7.92. The number of nitrogens with zero attached hydrogens (tertiary/aromatic N) is 2. The molecule has 0 radical (unpaired) electrons. The van der Waals surface area contributed by atoms with Gasteiger partial charge < -0.3 is 10.2 Å². The van der Waals surface area contributed by atoms with Gasteiger partial charge in [0.05, 0.1) is 20.6 Å². The fourth-order valence-electron chi connectivity index (χ4n) is 4.89. The van der Waals surface area contributed by atoms with Crippen molar-refractivity contribution in [2.75, 3.05) is 17.4 Å². The van der Waals surface area contributed by atoms with Crippen LogP contribution in [-0.4, -0.2) is 44.3 Å². The smallest absolute Gasteiger partial charge is 0.264 e. The van der Waals surface area contributed by atoms with Crippen molar-refractivity contribution >= 4 is 62.3 Å². The number of nitrogens with one attached hydrogen (secondary N) is 1. The molecular formula is C35H36Cl3N3O4S. The zero-order valence-electron chi connectivity index (χ0n) is 25.6. The number of rotatable bonds is 14. The highest BCUT2D eigenvalue weighted by atomic mass is 35.5. The van der Waals surface area contributed by atoms with E-state index in [9.17, 15) is 18.0 Å². The Kier molecular flexibility index (Phi) is 12.5. The lowest BCUT2D eigenvalue weighted by atomic mass is 10.0. The minimum atomic E-state index is -4.24. The third-order valence-electron chi connectivity index (χ3n) is 7.42. The molecule has 0 aliphatic heterocycles. The van der Waals surface area contributed by atoms with Crippen LogP contribution in [0.5, 0.6) is 0 Å². The first-order chi connectivity index (χ1) is 22.0. The van der Waals surface area contributed by atoms with E-state index >= 15 is 0 Å². The minimum absolute atomic E-state index is 0.0139. The Hall–Kier alpha value is -3.56. The van der Waals surface area contributed by atoms with Crippen molar-refractivity contribution in [2.45, 2.75) is 50.6 Å². The van der Waals surface area contributed by atoms with Crippen molar-refractivity contribution in [3.8, 4) is 0 Å². The highest BCUT2D eigenvalue weighted by Gasteiger charge is 2.34. The van der Waals surface area contributed by atoms with Crippen LogP contribution in [0.2, 0.25) is 15.1 Å². The number of aryl methyl sites for hydroxylation is 1. The average molecular weight is 701 g/mol. The van der Waals surface area contributed by atoms with Gasteiger partial charge >= 0.3 is 0 Å². The molecule has 0 aliphatic rings. The Bertz CT molecular complexity index is 1750. The van der Waals surface area contributed by atoms with Crippen LogP contribution < -0.4 is 9.62 Å². The van der Waals surface area contributed by atoms with Crippen molar-refractivity contribution in [1.29, 1.82) is 0 Å². The summed E-state index contributed by atoms with van der Waals surface area (Å²) in [4.78, 5) is 29.8. The molecular weight excluding hydrogens is 665 g/mol. The number of amides is 2. The van der Waals surface area contributed by atoms with E-state index in [0.717, 1.165) is 28.3 Å². The molecule has 4 aromatic rings. The lowest BCUT2D eigenvalue weighted by Gasteiger charge is -2.34. The zero-order chi connectivity index (χ0) is 33.3. The largest absolute Gasteiger partial charge is 0.354 e. The molecule has 242 valence electrons. The lowest BCUT2D eigenvalue weighted by Crippen LogP contribution is -2.53. The molecule has 0 aliphatic carbocycles. The van der Waals surface area contributed by atoms with Crippen LogP contribution in [0.4, 0.5) is 5.69 Å². The number of carbonyl (C=O) groups is 2. The van der Waals surface area contributed by atoms with Crippen LogP contribution in [0.1, 0.15) is 36.5 Å². The van der Waals surface area contributed by atoms with Gasteiger partial charge in [0.1, 0.15) is 12.6 Å². The average Bonchev–Trinajstić information content (AvgIpc) is 3.03. The van der Waals surface area contributed by atoms with Gasteiger partial charge in [-0.2, -0.15) is 0 Å². The Morgan fingerprint density at radius 3 is 2.20 bits per heavy atom. The van der Waals surface area contributed by atoms with Gasteiger partial charge in [-0.05, 0) is 66.9 Å². The first-order valence-corrected chi connectivity index (χ1v) is 17.5. The van der Waals surface area contributed by atoms with Crippen LogP contribution in [0.25, 0.3) is 0 Å². The fraction of sp³-hybridized carbons (Fsp3) is 0.257. The van der Waals surface area contributed by atoms with E-state index in [1.165, 1.54) is 23.1 Å². The predicted octanol–water partition coefficient (Wildman–Crippen LogP) is 7.71. The topological polar surface area (TPSA) is 86.8 Å². The summed E-state index contributed by atoms with van der Waals surface area (Å²) in [6, 6.07) is 26.1. The van der Waals surface area contributed by atoms with Crippen molar-refractivity contribution in [2.24, 2.45) is 0 Å². The summed E-state index contributed by atoms with van der Waals surface area (Å²) in [5, 5.41) is 3.91. The summed E-state index contributed by atoms with van der Waals surface area (Å²) >= 11 is 18.8. The van der Waals surface area contributed by atoms with Crippen LogP contribution in [-0.2, 0) is 32.6 Å². The number of hydrogen-bond donors (Lipinski definition) is 1. The summed E-state index contributed by atoms with van der Waals surface area (Å²) in [6.07, 6.45) is 1.84. The Morgan fingerprint density at radius 2 is 1.54 bits per heavy atom. The second kappa shape index (κ2) is 16.3. The van der Waals surface area contributed by atoms with Gasteiger partial charge in [0.15, 0.2) is 0 Å². The highest BCUT2D eigenvalue weighted by Crippen LogP contribution is 2.28. The van der Waals surface area contributed by atoms with Gasteiger partial charge in [-0.3, -0.25) is 13.9 Å². The monoisotopic (exact) mass is 699 g/mol. The molecule has 0 saturated heterocycles. The zero-order valence-corrected chi connectivity index (χ0v) is 28.7. The predicted molar refractivity (Wildman–Crippen MR) is 186 cm³/mol. The van der Waals surface area contributed by atoms with Gasteiger partial charge in [-0.25, -0.2) is 8.42 Å². The molecule has 0 aromatic heterocycles. The number of sulfonamides is 1. The minimum Gasteiger partial charge on any atom is -0.354 e. The second-order valence-electron chi connectivity index (χ2n) is 10.9. The Labute approximate surface area is 286 Å². The number of anilines is 1. The maximum Gasteiger partial charge on any atom is 0.264 e. The number of unbranched alkanes of at least 4 members (excludes halogenated alkanes) is 1. The molecule has 0 saturated carbocycles. The number of carbonyl (C=O) groups excluding carboxylic acids is 2. The molecule has 2 amide bonds. The molecule has 4 rings (SSSR count). The van der Waals surface area contributed by atoms with E-state index in [1.807, 2.05) is 44.2 Å². The lowest BCUT2D eigenvalue weighted by molar-refractivity contribution is -0.140. The van der Waals surface area contributed by atoms with Crippen molar-refractivity contribution in [1.82, 2.24) is 10.2 Å². The van der Waals surface area contributed by atoms with E-state index in [4.69, 9.17) is 34.8 Å². The molecule has 11 heteroatoms. The van der Waals surface area contributed by atoms with Crippen LogP contribution >= 0.6 is 34.8 Å². The van der Waals surface area contributed by atoms with Gasteiger partial charge in [0, 0.05) is 24.5 Å². The first-order valence-electron chi connectivity index (χ1n) is 14.9. The van der Waals surface area contributed by atoms with E-state index in [2.05, 4.69) is 5.32 Å². The third kappa shape index (κ3) is 9.26. The quantitative estimate of drug-likeness (QED) is 0.137. The van der Waals surface area contributed by atoms with Crippen LogP contribution in [0.15, 0.2) is 102 Å². The molecule has 7 nitrogen and oxygen atoms in total. The van der Waals surface area contributed by atoms with Crippen molar-refractivity contribution < 1.29 is 18.0 Å². The Morgan fingerprint density at radius 1 is 0.826 bits per heavy atom. The number of hydrogen-bond acceptors (Lipinski definition) is 4. The molecule has 0 spiro atoms. The van der Waals surface area contributed by atoms with Gasteiger partial charge in [0.2, 0.25) is 11.8 Å². The molecule has 0 bridgehead atoms. The van der Waals surface area contributed by atoms with Gasteiger partial charge in [-0.15, -0.1) is 0 Å². The Balaban J connectivity index is 1.80. The van der Waals surface area contributed by atoms with E-state index < -0.39 is 28.5 Å². The second-order valence-corrected chi connectivity index (χ2v) is 14.0. The molecule has 4 aromatic carbocycles. The van der Waals surface area contributed by atoms with Crippen molar-refractivity contribution in [3.63, 3.8) is 0 Å². The maximum atomic E-state index is 14.5. The molecule has 1 atom stereocenters. The summed E-state index contributed by atoms with van der Waals surface area (Å²) in [5.74, 6) is -0.935. The third-order valence-corrected chi connectivity index (χ3v) is 10.2. The van der Waals surface area contributed by atoms with E-state index in [0.29, 0.717) is 27.2 Å². The number of benzene rings is 4.